The summed E-state index contributed by atoms with van der Waals surface area (Å²) in [7, 11) is 1.74. The summed E-state index contributed by atoms with van der Waals surface area (Å²) in [5, 5.41) is 13.3. The van der Waals surface area contributed by atoms with Crippen LogP contribution in [0.1, 0.15) is 87.2 Å². The smallest absolute Gasteiger partial charge is 0.306 e. The minimum atomic E-state index is -0.710. The van der Waals surface area contributed by atoms with Crippen molar-refractivity contribution < 1.29 is 19.4 Å². The standard InChI is InChI=1S/C25H40N2O4/c1-5-8-9-10-17(24(29)30)13-14-27-22-21(31-4)16-18-11-12-19(23(26)28)15-20(18)25(22,6-2)7-3/h11-12,15,17,21-22,27H,5-10,13-14,16H2,1-4H3,(H2,26,28)(H,29,30)/t17-,21+,22+/m0/s1. The Morgan fingerprint density at radius 1 is 1.23 bits per heavy atom. The summed E-state index contributed by atoms with van der Waals surface area (Å²) in [6.45, 7) is 7.09. The number of carboxylic acids is 1. The van der Waals surface area contributed by atoms with E-state index in [0.717, 1.165) is 50.5 Å². The van der Waals surface area contributed by atoms with Gasteiger partial charge in [0.2, 0.25) is 5.91 Å². The Bertz CT molecular complexity index is 745. The van der Waals surface area contributed by atoms with Crippen molar-refractivity contribution >= 4 is 11.9 Å². The Labute approximate surface area is 186 Å². The maximum atomic E-state index is 11.8. The first-order valence-electron chi connectivity index (χ1n) is 11.8. The van der Waals surface area contributed by atoms with Crippen LogP contribution in [0, 0.1) is 5.92 Å². The Morgan fingerprint density at radius 3 is 2.48 bits per heavy atom. The number of hydrogen-bond donors (Lipinski definition) is 3. The zero-order valence-electron chi connectivity index (χ0n) is 19.6. The van der Waals surface area contributed by atoms with Crippen LogP contribution in [-0.4, -0.2) is 42.8 Å². The highest BCUT2D eigenvalue weighted by molar-refractivity contribution is 5.93. The largest absolute Gasteiger partial charge is 0.481 e. The molecule has 1 aromatic rings. The summed E-state index contributed by atoms with van der Waals surface area (Å²) in [5.41, 5.74) is 8.24. The second-order valence-electron chi connectivity index (χ2n) is 8.83. The quantitative estimate of drug-likeness (QED) is 0.408. The molecule has 4 N–H and O–H groups in total. The molecule has 3 atom stereocenters. The number of benzene rings is 1. The third-order valence-electron chi connectivity index (χ3n) is 7.25. The minimum absolute atomic E-state index is 0.0183. The lowest BCUT2D eigenvalue weighted by Gasteiger charge is -2.49. The molecule has 31 heavy (non-hydrogen) atoms. The first-order chi connectivity index (χ1) is 14.8. The van der Waals surface area contributed by atoms with Gasteiger partial charge in [-0.3, -0.25) is 9.59 Å². The number of nitrogens with two attached hydrogens (primary N) is 1. The number of nitrogens with one attached hydrogen (secondary N) is 1. The molecule has 0 aromatic heterocycles. The zero-order chi connectivity index (χ0) is 23.0. The van der Waals surface area contributed by atoms with E-state index in [2.05, 4.69) is 26.1 Å². The number of carbonyl (C=O) groups is 2. The van der Waals surface area contributed by atoms with Crippen LogP contribution in [-0.2, 0) is 21.4 Å². The van der Waals surface area contributed by atoms with Gasteiger partial charge in [0.25, 0.3) is 0 Å². The average molecular weight is 433 g/mol. The minimum Gasteiger partial charge on any atom is -0.481 e. The van der Waals surface area contributed by atoms with Crippen molar-refractivity contribution in [3.05, 3.63) is 34.9 Å². The van der Waals surface area contributed by atoms with Gasteiger partial charge in [-0.2, -0.15) is 0 Å². The lowest BCUT2D eigenvalue weighted by Crippen LogP contribution is -2.59. The Hall–Kier alpha value is -1.92. The van der Waals surface area contributed by atoms with Crippen LogP contribution in [0.15, 0.2) is 18.2 Å². The topological polar surface area (TPSA) is 102 Å². The fourth-order valence-corrected chi connectivity index (χ4v) is 5.29. The first kappa shape index (κ1) is 25.3. The Morgan fingerprint density at radius 2 is 1.94 bits per heavy atom. The molecule has 0 heterocycles. The third-order valence-corrected chi connectivity index (χ3v) is 7.25. The van der Waals surface area contributed by atoms with Crippen LogP contribution in [0.25, 0.3) is 0 Å². The van der Waals surface area contributed by atoms with E-state index in [1.54, 1.807) is 13.2 Å². The van der Waals surface area contributed by atoms with E-state index in [1.165, 1.54) is 5.56 Å². The lowest BCUT2D eigenvalue weighted by molar-refractivity contribution is -0.142. The van der Waals surface area contributed by atoms with Crippen LogP contribution in [0.2, 0.25) is 0 Å². The molecule has 1 aliphatic carbocycles. The Balaban J connectivity index is 2.26. The van der Waals surface area contributed by atoms with Crippen LogP contribution in [0.4, 0.5) is 0 Å². The van der Waals surface area contributed by atoms with E-state index in [-0.39, 0.29) is 23.5 Å². The van der Waals surface area contributed by atoms with Crippen molar-refractivity contribution in [1.29, 1.82) is 0 Å². The molecule has 0 aliphatic heterocycles. The molecular weight excluding hydrogens is 392 g/mol. The number of aliphatic carboxylic acids is 1. The molecule has 0 saturated carbocycles. The van der Waals surface area contributed by atoms with Crippen LogP contribution in [0.5, 0.6) is 0 Å². The van der Waals surface area contributed by atoms with E-state index in [4.69, 9.17) is 10.5 Å². The summed E-state index contributed by atoms with van der Waals surface area (Å²) >= 11 is 0. The Kier molecular flexibility index (Phi) is 9.51. The number of methoxy groups -OCH3 is 1. The number of hydrogen-bond acceptors (Lipinski definition) is 4. The van der Waals surface area contributed by atoms with Crippen LogP contribution in [0.3, 0.4) is 0 Å². The second-order valence-corrected chi connectivity index (χ2v) is 8.83. The van der Waals surface area contributed by atoms with Crippen molar-refractivity contribution in [2.75, 3.05) is 13.7 Å². The zero-order valence-corrected chi connectivity index (χ0v) is 19.6. The molecule has 1 aromatic carbocycles. The van der Waals surface area contributed by atoms with Crippen molar-refractivity contribution in [2.45, 2.75) is 89.7 Å². The maximum absolute atomic E-state index is 11.8. The SMILES string of the molecule is CCCCC[C@@H](CCN[C@@H]1[C@H](OC)Cc2ccc(C(N)=O)cc2C1(CC)CC)C(=O)O. The number of rotatable bonds is 13. The van der Waals surface area contributed by atoms with Gasteiger partial charge < -0.3 is 20.9 Å². The molecular formula is C25H40N2O4. The van der Waals surface area contributed by atoms with Crippen molar-refractivity contribution in [3.63, 3.8) is 0 Å². The highest BCUT2D eigenvalue weighted by atomic mass is 16.5. The fraction of sp³-hybridized carbons (Fsp3) is 0.680. The first-order valence-corrected chi connectivity index (χ1v) is 11.8. The number of unbranched alkanes of at least 4 members (excludes halogenated alkanes) is 2. The van der Waals surface area contributed by atoms with Crippen LogP contribution < -0.4 is 11.1 Å². The van der Waals surface area contributed by atoms with Gasteiger partial charge in [-0.05, 0) is 55.5 Å². The van der Waals surface area contributed by atoms with E-state index in [0.29, 0.717) is 18.5 Å². The fourth-order valence-electron chi connectivity index (χ4n) is 5.29. The summed E-state index contributed by atoms with van der Waals surface area (Å²) in [5.74, 6) is -1.45. The third kappa shape index (κ3) is 5.66. The summed E-state index contributed by atoms with van der Waals surface area (Å²) in [6.07, 6.45) is 6.94. The van der Waals surface area contributed by atoms with E-state index in [1.807, 2.05) is 12.1 Å². The van der Waals surface area contributed by atoms with E-state index < -0.39 is 11.9 Å². The normalized spacial score (nSPS) is 20.8. The molecule has 0 bridgehead atoms. The van der Waals surface area contributed by atoms with Gasteiger partial charge in [0, 0.05) is 30.6 Å². The molecule has 0 unspecified atom stereocenters. The number of ether oxygens (including phenoxy) is 1. The number of primary amides is 1. The molecule has 0 spiro atoms. The maximum Gasteiger partial charge on any atom is 0.306 e. The van der Waals surface area contributed by atoms with Crippen LogP contribution >= 0.6 is 0 Å². The van der Waals surface area contributed by atoms with Crippen molar-refractivity contribution in [2.24, 2.45) is 11.7 Å². The lowest BCUT2D eigenvalue weighted by atomic mass is 9.62. The van der Waals surface area contributed by atoms with Gasteiger partial charge in [0.05, 0.1) is 12.0 Å². The summed E-state index contributed by atoms with van der Waals surface area (Å²) in [6, 6.07) is 5.79. The van der Waals surface area contributed by atoms with Crippen molar-refractivity contribution in [1.82, 2.24) is 5.32 Å². The number of carboxylic acid groups (broad SMARTS) is 1. The molecule has 1 amide bonds. The monoisotopic (exact) mass is 432 g/mol. The second kappa shape index (κ2) is 11.6. The number of amides is 1. The number of carbonyl (C=O) groups excluding carboxylic acids is 1. The molecule has 174 valence electrons. The van der Waals surface area contributed by atoms with E-state index >= 15 is 0 Å². The van der Waals surface area contributed by atoms with Crippen molar-refractivity contribution in [3.8, 4) is 0 Å². The molecule has 0 radical (unpaired) electrons. The molecule has 0 saturated heterocycles. The summed E-state index contributed by atoms with van der Waals surface area (Å²) < 4.78 is 5.91. The highest BCUT2D eigenvalue weighted by Crippen LogP contribution is 2.44. The van der Waals surface area contributed by atoms with Gasteiger partial charge >= 0.3 is 5.97 Å². The molecule has 0 fully saturated rings. The molecule has 6 heteroatoms. The van der Waals surface area contributed by atoms with Gasteiger partial charge in [-0.15, -0.1) is 0 Å². The molecule has 1 aliphatic rings. The molecule has 2 rings (SSSR count). The highest BCUT2D eigenvalue weighted by Gasteiger charge is 2.46. The van der Waals surface area contributed by atoms with Gasteiger partial charge in [0.15, 0.2) is 0 Å². The average Bonchev–Trinajstić information content (AvgIpc) is 2.76. The predicted octanol–water partition coefficient (Wildman–Crippen LogP) is 4.04. The predicted molar refractivity (Wildman–Crippen MR) is 123 cm³/mol. The van der Waals surface area contributed by atoms with E-state index in [9.17, 15) is 14.7 Å². The van der Waals surface area contributed by atoms with Gasteiger partial charge in [0.1, 0.15) is 0 Å². The van der Waals surface area contributed by atoms with Gasteiger partial charge in [-0.1, -0.05) is 46.1 Å². The molecule has 6 nitrogen and oxygen atoms in total. The van der Waals surface area contributed by atoms with Gasteiger partial charge in [-0.25, -0.2) is 0 Å². The number of fused-ring (bicyclic) bond motifs is 1. The summed E-state index contributed by atoms with van der Waals surface area (Å²) in [4.78, 5) is 23.5.